The van der Waals surface area contributed by atoms with Crippen molar-refractivity contribution < 1.29 is 18.0 Å². The highest BCUT2D eigenvalue weighted by Crippen LogP contribution is 2.36. The zero-order valence-electron chi connectivity index (χ0n) is 16.3. The summed E-state index contributed by atoms with van der Waals surface area (Å²) in [6.45, 7) is 0.358. The molecule has 0 radical (unpaired) electrons. The van der Waals surface area contributed by atoms with E-state index in [2.05, 4.69) is 20.6 Å². The number of aromatic nitrogens is 2. The first-order chi connectivity index (χ1) is 14.3. The van der Waals surface area contributed by atoms with Crippen molar-refractivity contribution in [3.05, 3.63) is 82.9 Å². The molecule has 10 heteroatoms. The molecular weight excluding hydrogens is 452 g/mol. The Morgan fingerprint density at radius 1 is 1.10 bits per heavy atom. The molecule has 0 aliphatic rings. The van der Waals surface area contributed by atoms with Gasteiger partial charge in [0.1, 0.15) is 6.33 Å². The topological polar surface area (TPSA) is 66.9 Å². The first-order valence-corrected chi connectivity index (χ1v) is 9.35. The summed E-state index contributed by atoms with van der Waals surface area (Å²) in [5, 5.41) is 5.12. The summed E-state index contributed by atoms with van der Waals surface area (Å²) in [6.07, 6.45) is 0.111. The van der Waals surface area contributed by atoms with Crippen molar-refractivity contribution in [2.45, 2.75) is 12.2 Å². The van der Waals surface area contributed by atoms with Gasteiger partial charge in [0.15, 0.2) is 0 Å². The number of benzene rings is 2. The molecule has 164 valence electrons. The van der Waals surface area contributed by atoms with Crippen molar-refractivity contribution in [1.29, 1.82) is 0 Å². The van der Waals surface area contributed by atoms with E-state index in [1.165, 1.54) is 12.4 Å². The zero-order valence-corrected chi connectivity index (χ0v) is 17.9. The Morgan fingerprint density at radius 2 is 1.77 bits per heavy atom. The van der Waals surface area contributed by atoms with E-state index < -0.39 is 28.7 Å². The van der Waals surface area contributed by atoms with Crippen LogP contribution < -0.4 is 10.6 Å². The van der Waals surface area contributed by atoms with Crippen molar-refractivity contribution >= 4 is 29.9 Å². The minimum atomic E-state index is -4.65. The summed E-state index contributed by atoms with van der Waals surface area (Å²) >= 11 is 5.89. The Kier molecular flexibility index (Phi) is 8.38. The van der Waals surface area contributed by atoms with Gasteiger partial charge in [0, 0.05) is 24.5 Å². The zero-order chi connectivity index (χ0) is 21.7. The van der Waals surface area contributed by atoms with E-state index in [0.29, 0.717) is 6.54 Å². The molecule has 0 fully saturated rings. The number of rotatable bonds is 6. The number of nitrogens with zero attached hydrogens (tertiary/aromatic N) is 2. The second-order valence-electron chi connectivity index (χ2n) is 6.50. The van der Waals surface area contributed by atoms with Crippen LogP contribution in [0.2, 0.25) is 5.02 Å². The lowest BCUT2D eigenvalue weighted by atomic mass is 10.0. The summed E-state index contributed by atoms with van der Waals surface area (Å²) < 4.78 is 39.3. The van der Waals surface area contributed by atoms with Crippen LogP contribution in [0.15, 0.2) is 61.2 Å². The standard InChI is InChI=1S/C21H18ClF3N4O.ClH/c1-26-11-18(14-5-2-4-13(8-14)15-9-27-12-28-10-15)29-20(30)16-6-3-7-17(19(16)22)21(23,24)25;/h2-10,12,18,26H,11H2,1H3,(H,29,30);1H. The van der Waals surface area contributed by atoms with Crippen LogP contribution in [-0.4, -0.2) is 29.5 Å². The normalized spacial score (nSPS) is 12.0. The molecule has 0 bridgehead atoms. The van der Waals surface area contributed by atoms with Gasteiger partial charge in [-0.15, -0.1) is 12.4 Å². The van der Waals surface area contributed by atoms with Crippen LogP contribution in [0.3, 0.4) is 0 Å². The van der Waals surface area contributed by atoms with Gasteiger partial charge in [0.25, 0.3) is 5.91 Å². The molecule has 0 saturated heterocycles. The minimum Gasteiger partial charge on any atom is -0.344 e. The fraction of sp³-hybridized carbons (Fsp3) is 0.190. The molecule has 1 aromatic heterocycles. The van der Waals surface area contributed by atoms with Gasteiger partial charge >= 0.3 is 6.18 Å². The first kappa shape index (κ1) is 24.6. The van der Waals surface area contributed by atoms with Gasteiger partial charge in [-0.05, 0) is 36.4 Å². The molecule has 0 aliphatic carbocycles. The minimum absolute atomic E-state index is 0. The average molecular weight is 471 g/mol. The first-order valence-electron chi connectivity index (χ1n) is 8.97. The third kappa shape index (κ3) is 5.94. The third-order valence-electron chi connectivity index (χ3n) is 4.45. The number of halogens is 5. The largest absolute Gasteiger partial charge is 0.417 e. The molecule has 2 N–H and O–H groups in total. The predicted molar refractivity (Wildman–Crippen MR) is 115 cm³/mol. The molecule has 0 spiro atoms. The highest BCUT2D eigenvalue weighted by molar-refractivity contribution is 6.34. The molecule has 5 nitrogen and oxygen atoms in total. The second-order valence-corrected chi connectivity index (χ2v) is 6.88. The lowest BCUT2D eigenvalue weighted by Gasteiger charge is -2.21. The van der Waals surface area contributed by atoms with Gasteiger partial charge in [-0.25, -0.2) is 9.97 Å². The Morgan fingerprint density at radius 3 is 2.42 bits per heavy atom. The molecule has 1 unspecified atom stereocenters. The van der Waals surface area contributed by atoms with Gasteiger partial charge in [0.05, 0.1) is 22.2 Å². The number of likely N-dealkylation sites (N-methyl/N-ethyl adjacent to an activating group) is 1. The maximum absolute atomic E-state index is 13.1. The van der Waals surface area contributed by atoms with E-state index in [0.717, 1.165) is 28.8 Å². The smallest absolute Gasteiger partial charge is 0.344 e. The van der Waals surface area contributed by atoms with Gasteiger partial charge in [-0.3, -0.25) is 4.79 Å². The van der Waals surface area contributed by atoms with Crippen molar-refractivity contribution in [1.82, 2.24) is 20.6 Å². The fourth-order valence-corrected chi connectivity index (χ4v) is 3.32. The van der Waals surface area contributed by atoms with E-state index in [1.807, 2.05) is 24.3 Å². The molecule has 31 heavy (non-hydrogen) atoms. The van der Waals surface area contributed by atoms with E-state index >= 15 is 0 Å². The number of hydrogen-bond donors (Lipinski definition) is 2. The summed E-state index contributed by atoms with van der Waals surface area (Å²) in [4.78, 5) is 20.7. The number of nitrogens with one attached hydrogen (secondary N) is 2. The Bertz CT molecular complexity index is 1030. The van der Waals surface area contributed by atoms with Crippen molar-refractivity contribution in [2.75, 3.05) is 13.6 Å². The lowest BCUT2D eigenvalue weighted by Crippen LogP contribution is -2.35. The number of amides is 1. The van der Waals surface area contributed by atoms with E-state index in [4.69, 9.17) is 11.6 Å². The van der Waals surface area contributed by atoms with Gasteiger partial charge in [0.2, 0.25) is 0 Å². The van der Waals surface area contributed by atoms with E-state index in [9.17, 15) is 18.0 Å². The fourth-order valence-electron chi connectivity index (χ4n) is 3.00. The van der Waals surface area contributed by atoms with Crippen LogP contribution in [0.5, 0.6) is 0 Å². The number of alkyl halides is 3. The van der Waals surface area contributed by atoms with Crippen LogP contribution in [-0.2, 0) is 6.18 Å². The van der Waals surface area contributed by atoms with Crippen LogP contribution in [0, 0.1) is 0 Å². The maximum Gasteiger partial charge on any atom is 0.417 e. The van der Waals surface area contributed by atoms with Crippen molar-refractivity contribution in [3.8, 4) is 11.1 Å². The summed E-state index contributed by atoms with van der Waals surface area (Å²) in [5.74, 6) is -0.695. The monoisotopic (exact) mass is 470 g/mol. The lowest BCUT2D eigenvalue weighted by molar-refractivity contribution is -0.137. The Hall–Kier alpha value is -2.68. The molecule has 1 amide bonds. The predicted octanol–water partition coefficient (Wildman–Crippen LogP) is 4.93. The van der Waals surface area contributed by atoms with Crippen molar-refractivity contribution in [3.63, 3.8) is 0 Å². The molecule has 0 aliphatic heterocycles. The molecule has 3 aromatic rings. The SMILES string of the molecule is CNCC(NC(=O)c1cccc(C(F)(F)F)c1Cl)c1cccc(-c2cncnc2)c1.Cl. The molecule has 0 saturated carbocycles. The average Bonchev–Trinajstić information content (AvgIpc) is 2.73. The maximum atomic E-state index is 13.1. The van der Waals surface area contributed by atoms with Crippen molar-refractivity contribution in [2.24, 2.45) is 0 Å². The summed E-state index contributed by atoms with van der Waals surface area (Å²) in [5.41, 5.74) is 1.13. The highest BCUT2D eigenvalue weighted by Gasteiger charge is 2.34. The molecular formula is C21H19Cl2F3N4O. The number of hydrogen-bond acceptors (Lipinski definition) is 4. The van der Waals surface area contributed by atoms with Crippen LogP contribution in [0.4, 0.5) is 13.2 Å². The van der Waals surface area contributed by atoms with E-state index in [-0.39, 0.29) is 18.0 Å². The molecule has 2 aromatic carbocycles. The summed E-state index contributed by atoms with van der Waals surface area (Å²) in [7, 11) is 1.71. The second kappa shape index (κ2) is 10.6. The van der Waals surface area contributed by atoms with E-state index in [1.54, 1.807) is 19.4 Å². The quantitative estimate of drug-likeness (QED) is 0.535. The van der Waals surface area contributed by atoms with Crippen LogP contribution in [0.25, 0.3) is 11.1 Å². The third-order valence-corrected chi connectivity index (χ3v) is 4.85. The molecule has 1 heterocycles. The van der Waals surface area contributed by atoms with Gasteiger partial charge < -0.3 is 10.6 Å². The molecule has 1 atom stereocenters. The summed E-state index contributed by atoms with van der Waals surface area (Å²) in [6, 6.07) is 10.2. The van der Waals surface area contributed by atoms with Gasteiger partial charge in [-0.1, -0.05) is 35.9 Å². The van der Waals surface area contributed by atoms with Crippen LogP contribution in [0.1, 0.15) is 27.5 Å². The number of carbonyl (C=O) groups excluding carboxylic acids is 1. The Labute approximate surface area is 188 Å². The number of carbonyl (C=O) groups is 1. The van der Waals surface area contributed by atoms with Gasteiger partial charge in [-0.2, -0.15) is 13.2 Å². The Balaban J connectivity index is 0.00000341. The molecule has 3 rings (SSSR count). The van der Waals surface area contributed by atoms with Crippen LogP contribution >= 0.6 is 24.0 Å². The highest BCUT2D eigenvalue weighted by atomic mass is 35.5.